The first-order valence-electron chi connectivity index (χ1n) is 6.33. The number of hydrogen-bond acceptors (Lipinski definition) is 4. The highest BCUT2D eigenvalue weighted by atomic mass is 35.5. The van der Waals surface area contributed by atoms with Crippen LogP contribution in [-0.2, 0) is 0 Å². The molecule has 20 heavy (non-hydrogen) atoms. The largest absolute Gasteiger partial charge is 0.391 e. The third-order valence-electron chi connectivity index (χ3n) is 3.28. The van der Waals surface area contributed by atoms with E-state index in [9.17, 15) is 9.90 Å². The highest BCUT2D eigenvalue weighted by Crippen LogP contribution is 2.30. The van der Waals surface area contributed by atoms with Gasteiger partial charge in [0.25, 0.3) is 5.91 Å². The van der Waals surface area contributed by atoms with E-state index in [1.165, 1.54) is 11.3 Å². The molecule has 2 heterocycles. The van der Waals surface area contributed by atoms with Crippen molar-refractivity contribution in [1.82, 2.24) is 9.88 Å². The van der Waals surface area contributed by atoms with Crippen molar-refractivity contribution >= 4 is 28.8 Å². The highest BCUT2D eigenvalue weighted by molar-refractivity contribution is 7.13. The van der Waals surface area contributed by atoms with Gasteiger partial charge in [-0.2, -0.15) is 0 Å². The van der Waals surface area contributed by atoms with E-state index < -0.39 is 6.10 Å². The summed E-state index contributed by atoms with van der Waals surface area (Å²) in [6.45, 7) is 0.969. The molecular formula is C14H13ClN2O2S. The Kier molecular flexibility index (Phi) is 3.74. The third-order valence-corrected chi connectivity index (χ3v) is 4.48. The second-order valence-corrected chi connectivity index (χ2v) is 5.98. The van der Waals surface area contributed by atoms with Crippen LogP contribution >= 0.6 is 22.9 Å². The van der Waals surface area contributed by atoms with Gasteiger partial charge < -0.3 is 10.0 Å². The number of carbonyl (C=O) groups excluding carboxylic acids is 1. The summed E-state index contributed by atoms with van der Waals surface area (Å²) in [4.78, 5) is 18.3. The Morgan fingerprint density at radius 2 is 2.25 bits per heavy atom. The number of carbonyl (C=O) groups is 1. The van der Waals surface area contributed by atoms with Crippen LogP contribution in [0.15, 0.2) is 29.6 Å². The molecule has 3 rings (SSSR count). The molecular weight excluding hydrogens is 296 g/mol. The first-order valence-corrected chi connectivity index (χ1v) is 7.58. The first kappa shape index (κ1) is 13.5. The molecule has 1 aliphatic heterocycles. The Labute approximate surface area is 125 Å². The van der Waals surface area contributed by atoms with Gasteiger partial charge in [0.05, 0.1) is 11.1 Å². The monoisotopic (exact) mass is 308 g/mol. The van der Waals surface area contributed by atoms with E-state index in [0.717, 1.165) is 10.6 Å². The van der Waals surface area contributed by atoms with E-state index in [1.807, 2.05) is 18.2 Å². The topological polar surface area (TPSA) is 53.4 Å². The maximum Gasteiger partial charge on any atom is 0.273 e. The maximum atomic E-state index is 12.2. The third kappa shape index (κ3) is 2.57. The molecule has 1 aromatic heterocycles. The van der Waals surface area contributed by atoms with Gasteiger partial charge in [0.1, 0.15) is 10.7 Å². The van der Waals surface area contributed by atoms with Gasteiger partial charge in [-0.15, -0.1) is 11.3 Å². The number of benzene rings is 1. The Bertz CT molecular complexity index is 644. The van der Waals surface area contributed by atoms with Crippen LogP contribution in [0, 0.1) is 0 Å². The standard InChI is InChI=1S/C14H13ClN2O2S/c15-11-4-2-1-3-10(11)13-16-12(8-20-13)14(19)17-6-5-9(18)7-17/h1-4,8-9,18H,5-7H2/t9-/m1/s1. The number of amides is 1. The summed E-state index contributed by atoms with van der Waals surface area (Å²) in [5.41, 5.74) is 1.25. The molecule has 1 amide bonds. The van der Waals surface area contributed by atoms with E-state index in [-0.39, 0.29) is 5.91 Å². The normalized spacial score (nSPS) is 18.5. The Hall–Kier alpha value is -1.43. The van der Waals surface area contributed by atoms with Crippen LogP contribution in [0.4, 0.5) is 0 Å². The van der Waals surface area contributed by atoms with Crippen molar-refractivity contribution in [2.75, 3.05) is 13.1 Å². The van der Waals surface area contributed by atoms with Crippen molar-refractivity contribution in [3.8, 4) is 10.6 Å². The SMILES string of the molecule is O=C(c1csc(-c2ccccc2Cl)n1)N1CC[C@@H](O)C1. The van der Waals surface area contributed by atoms with Gasteiger partial charge >= 0.3 is 0 Å². The number of aromatic nitrogens is 1. The zero-order chi connectivity index (χ0) is 14.1. The molecule has 0 unspecified atom stereocenters. The predicted molar refractivity (Wildman–Crippen MR) is 79.1 cm³/mol. The number of nitrogens with zero attached hydrogens (tertiary/aromatic N) is 2. The second-order valence-electron chi connectivity index (χ2n) is 4.71. The van der Waals surface area contributed by atoms with Crippen LogP contribution in [0.2, 0.25) is 5.02 Å². The van der Waals surface area contributed by atoms with Crippen LogP contribution in [0.1, 0.15) is 16.9 Å². The number of halogens is 1. The number of hydrogen-bond donors (Lipinski definition) is 1. The molecule has 1 N–H and O–H groups in total. The zero-order valence-corrected chi connectivity index (χ0v) is 12.2. The van der Waals surface area contributed by atoms with E-state index in [0.29, 0.717) is 30.2 Å². The average Bonchev–Trinajstić information content (AvgIpc) is 3.07. The molecule has 1 aliphatic rings. The molecule has 1 aromatic carbocycles. The number of aliphatic hydroxyl groups excluding tert-OH is 1. The summed E-state index contributed by atoms with van der Waals surface area (Å²) in [7, 11) is 0. The summed E-state index contributed by atoms with van der Waals surface area (Å²) < 4.78 is 0. The molecule has 0 bridgehead atoms. The van der Waals surface area contributed by atoms with Gasteiger partial charge in [-0.1, -0.05) is 29.8 Å². The molecule has 104 valence electrons. The van der Waals surface area contributed by atoms with Crippen molar-refractivity contribution in [2.45, 2.75) is 12.5 Å². The minimum Gasteiger partial charge on any atom is -0.391 e. The van der Waals surface area contributed by atoms with Crippen molar-refractivity contribution in [2.24, 2.45) is 0 Å². The van der Waals surface area contributed by atoms with Gasteiger partial charge in [0, 0.05) is 24.0 Å². The minimum atomic E-state index is -0.416. The summed E-state index contributed by atoms with van der Waals surface area (Å²) in [6.07, 6.45) is 0.216. The molecule has 0 radical (unpaired) electrons. The van der Waals surface area contributed by atoms with Gasteiger partial charge in [-0.05, 0) is 12.5 Å². The molecule has 1 saturated heterocycles. The molecule has 6 heteroatoms. The number of thiazole rings is 1. The van der Waals surface area contributed by atoms with E-state index in [1.54, 1.807) is 16.3 Å². The van der Waals surface area contributed by atoms with Crippen molar-refractivity contribution in [3.05, 3.63) is 40.4 Å². The lowest BCUT2D eigenvalue weighted by atomic mass is 10.2. The average molecular weight is 309 g/mol. The molecule has 4 nitrogen and oxygen atoms in total. The Morgan fingerprint density at radius 3 is 2.95 bits per heavy atom. The Balaban J connectivity index is 1.84. The molecule has 1 atom stereocenters. The number of likely N-dealkylation sites (tertiary alicyclic amines) is 1. The molecule has 0 aliphatic carbocycles. The summed E-state index contributed by atoms with van der Waals surface area (Å²) in [5, 5.41) is 12.6. The first-order chi connectivity index (χ1) is 9.65. The molecule has 0 saturated carbocycles. The number of aliphatic hydroxyl groups is 1. The lowest BCUT2D eigenvalue weighted by molar-refractivity contribution is 0.0760. The van der Waals surface area contributed by atoms with Crippen molar-refractivity contribution < 1.29 is 9.90 Å². The zero-order valence-electron chi connectivity index (χ0n) is 10.6. The lowest BCUT2D eigenvalue weighted by Crippen LogP contribution is -2.29. The smallest absolute Gasteiger partial charge is 0.273 e. The van der Waals surface area contributed by atoms with Crippen LogP contribution in [-0.4, -0.2) is 40.1 Å². The number of rotatable bonds is 2. The predicted octanol–water partition coefficient (Wildman–Crippen LogP) is 2.67. The van der Waals surface area contributed by atoms with Crippen LogP contribution in [0.3, 0.4) is 0 Å². The van der Waals surface area contributed by atoms with E-state index in [2.05, 4.69) is 4.98 Å². The summed E-state index contributed by atoms with van der Waals surface area (Å²) in [5.74, 6) is -0.129. The van der Waals surface area contributed by atoms with Gasteiger partial charge in [-0.3, -0.25) is 4.79 Å². The van der Waals surface area contributed by atoms with Gasteiger partial charge in [-0.25, -0.2) is 4.98 Å². The lowest BCUT2D eigenvalue weighted by Gasteiger charge is -2.13. The number of β-amino-alcohol motifs (C(OH)–C–C–N with tert-alkyl or cyclic N) is 1. The summed E-state index contributed by atoms with van der Waals surface area (Å²) >= 11 is 7.53. The molecule has 2 aromatic rings. The van der Waals surface area contributed by atoms with Crippen LogP contribution in [0.25, 0.3) is 10.6 Å². The summed E-state index contributed by atoms with van der Waals surface area (Å²) in [6, 6.07) is 7.43. The van der Waals surface area contributed by atoms with Gasteiger partial charge in [0.15, 0.2) is 0 Å². The van der Waals surface area contributed by atoms with Crippen molar-refractivity contribution in [3.63, 3.8) is 0 Å². The highest BCUT2D eigenvalue weighted by Gasteiger charge is 2.27. The van der Waals surface area contributed by atoms with Gasteiger partial charge in [0.2, 0.25) is 0 Å². The molecule has 1 fully saturated rings. The fraction of sp³-hybridized carbons (Fsp3) is 0.286. The van der Waals surface area contributed by atoms with Crippen LogP contribution < -0.4 is 0 Å². The van der Waals surface area contributed by atoms with E-state index in [4.69, 9.17) is 11.6 Å². The fourth-order valence-corrected chi connectivity index (χ4v) is 3.33. The maximum absolute atomic E-state index is 12.2. The second kappa shape index (κ2) is 5.52. The fourth-order valence-electron chi connectivity index (χ4n) is 2.22. The van der Waals surface area contributed by atoms with E-state index >= 15 is 0 Å². The quantitative estimate of drug-likeness (QED) is 0.928. The molecule has 0 spiro atoms. The minimum absolute atomic E-state index is 0.129. The van der Waals surface area contributed by atoms with Crippen LogP contribution in [0.5, 0.6) is 0 Å². The Morgan fingerprint density at radius 1 is 1.45 bits per heavy atom. The van der Waals surface area contributed by atoms with Crippen molar-refractivity contribution in [1.29, 1.82) is 0 Å².